The number of amides is 1. The highest BCUT2D eigenvalue weighted by molar-refractivity contribution is 5.90. The summed E-state index contributed by atoms with van der Waals surface area (Å²) in [5.41, 5.74) is 0. The molecule has 1 amide bonds. The Bertz CT molecular complexity index is 143. The Labute approximate surface area is 52.5 Å². The van der Waals surface area contributed by atoms with Gasteiger partial charge in [0.1, 0.15) is 0 Å². The Hall–Kier alpha value is -0.900. The van der Waals surface area contributed by atoms with Crippen LogP contribution in [0.4, 0.5) is 0 Å². The Kier molecular flexibility index (Phi) is 1.79. The largest absolute Gasteiger partial charge is 0.445 e. The van der Waals surface area contributed by atoms with E-state index in [0.29, 0.717) is 6.61 Å². The minimum Gasteiger partial charge on any atom is -0.445 e. The maximum atomic E-state index is 10.5. The van der Waals surface area contributed by atoms with Crippen LogP contribution in [0.3, 0.4) is 0 Å². The first-order valence-corrected chi connectivity index (χ1v) is 2.68. The van der Waals surface area contributed by atoms with Crippen molar-refractivity contribution in [1.82, 2.24) is 0 Å². The summed E-state index contributed by atoms with van der Waals surface area (Å²) in [4.78, 5) is 13.8. The smallest absolute Gasteiger partial charge is 0.318 e. The van der Waals surface area contributed by atoms with Gasteiger partial charge in [0.15, 0.2) is 6.40 Å². The molecule has 0 saturated carbocycles. The fraction of sp³-hybridized carbons (Fsp3) is 0.600. The molecule has 0 fully saturated rings. The highest BCUT2D eigenvalue weighted by Gasteiger charge is 2.22. The van der Waals surface area contributed by atoms with Crippen LogP contribution in [-0.2, 0) is 14.3 Å². The van der Waals surface area contributed by atoms with Gasteiger partial charge in [-0.1, -0.05) is 0 Å². The van der Waals surface area contributed by atoms with Crippen molar-refractivity contribution in [3.05, 3.63) is 0 Å². The molecule has 1 heterocycles. The van der Waals surface area contributed by atoms with Crippen molar-refractivity contribution in [1.29, 1.82) is 0 Å². The van der Waals surface area contributed by atoms with Crippen molar-refractivity contribution in [3.63, 3.8) is 0 Å². The van der Waals surface area contributed by atoms with Gasteiger partial charge in [0, 0.05) is 6.61 Å². The molecule has 4 nitrogen and oxygen atoms in total. The van der Waals surface area contributed by atoms with Crippen molar-refractivity contribution in [2.75, 3.05) is 6.61 Å². The summed E-state index contributed by atoms with van der Waals surface area (Å²) in [5, 5.41) is 0. The van der Waals surface area contributed by atoms with Gasteiger partial charge < -0.3 is 9.47 Å². The minimum absolute atomic E-state index is 0.364. The number of aliphatic imine (C=N–C) groups is 1. The Balaban J connectivity index is 2.37. The zero-order valence-corrected chi connectivity index (χ0v) is 5.03. The molecule has 1 aliphatic heterocycles. The summed E-state index contributed by atoms with van der Waals surface area (Å²) in [6.07, 6.45) is 0.317. The van der Waals surface area contributed by atoms with Gasteiger partial charge in [0.05, 0.1) is 0 Å². The monoisotopic (exact) mass is 129 g/mol. The van der Waals surface area contributed by atoms with Crippen molar-refractivity contribution >= 4 is 12.3 Å². The second-order valence-electron chi connectivity index (χ2n) is 1.50. The molecule has 0 N–H and O–H groups in total. The van der Waals surface area contributed by atoms with Gasteiger partial charge in [-0.25, -0.2) is 0 Å². The van der Waals surface area contributed by atoms with Crippen LogP contribution >= 0.6 is 0 Å². The van der Waals surface area contributed by atoms with Gasteiger partial charge in [-0.2, -0.15) is 4.99 Å². The van der Waals surface area contributed by atoms with Gasteiger partial charge in [-0.15, -0.1) is 0 Å². The van der Waals surface area contributed by atoms with E-state index in [9.17, 15) is 4.79 Å². The highest BCUT2D eigenvalue weighted by atomic mass is 16.7. The van der Waals surface area contributed by atoms with Crippen molar-refractivity contribution in [2.24, 2.45) is 4.99 Å². The quantitative estimate of drug-likeness (QED) is 0.524. The van der Waals surface area contributed by atoms with Crippen LogP contribution in [0, 0.1) is 0 Å². The standard InChI is InChI=1S/C5H7NO3/c1-2-8-5-4(7)6-3-9-5/h3,5H,2H2,1H3. The van der Waals surface area contributed by atoms with E-state index >= 15 is 0 Å². The molecule has 1 atom stereocenters. The molecule has 9 heavy (non-hydrogen) atoms. The van der Waals surface area contributed by atoms with Crippen LogP contribution in [0.1, 0.15) is 6.92 Å². The third-order valence-corrected chi connectivity index (χ3v) is 0.884. The molecule has 0 aromatic carbocycles. The first kappa shape index (κ1) is 6.22. The summed E-state index contributed by atoms with van der Waals surface area (Å²) in [6, 6.07) is 0. The fourth-order valence-corrected chi connectivity index (χ4v) is 0.519. The second-order valence-corrected chi connectivity index (χ2v) is 1.50. The summed E-state index contributed by atoms with van der Waals surface area (Å²) < 4.78 is 9.46. The summed E-state index contributed by atoms with van der Waals surface area (Å²) >= 11 is 0. The predicted molar refractivity (Wildman–Crippen MR) is 30.0 cm³/mol. The number of carbonyl (C=O) groups excluding carboxylic acids is 1. The van der Waals surface area contributed by atoms with E-state index in [0.717, 1.165) is 6.40 Å². The number of hydrogen-bond donors (Lipinski definition) is 0. The molecule has 1 aliphatic rings. The summed E-state index contributed by atoms with van der Waals surface area (Å²) in [5.74, 6) is -0.364. The second kappa shape index (κ2) is 2.59. The topological polar surface area (TPSA) is 47.9 Å². The number of hydrogen-bond acceptors (Lipinski definition) is 3. The molecule has 0 aromatic rings. The normalized spacial score (nSPS) is 24.6. The lowest BCUT2D eigenvalue weighted by atomic mass is 10.6. The molecule has 0 aliphatic carbocycles. The molecule has 0 spiro atoms. The van der Waals surface area contributed by atoms with E-state index in [-0.39, 0.29) is 5.91 Å². The molecule has 50 valence electrons. The van der Waals surface area contributed by atoms with Crippen molar-refractivity contribution in [2.45, 2.75) is 13.2 Å². The van der Waals surface area contributed by atoms with Crippen LogP contribution < -0.4 is 0 Å². The van der Waals surface area contributed by atoms with E-state index in [1.807, 2.05) is 0 Å². The number of carbonyl (C=O) groups is 1. The van der Waals surface area contributed by atoms with E-state index in [2.05, 4.69) is 9.73 Å². The lowest BCUT2D eigenvalue weighted by Gasteiger charge is -2.04. The molecular formula is C5H7NO3. The van der Waals surface area contributed by atoms with Crippen LogP contribution in [0.25, 0.3) is 0 Å². The summed E-state index contributed by atoms with van der Waals surface area (Å²) in [6.45, 7) is 2.24. The molecule has 0 radical (unpaired) electrons. The molecule has 1 unspecified atom stereocenters. The SMILES string of the molecule is CCOC1OC=NC1=O. The highest BCUT2D eigenvalue weighted by Crippen LogP contribution is 2.01. The molecular weight excluding hydrogens is 122 g/mol. The Morgan fingerprint density at radius 2 is 2.78 bits per heavy atom. The molecule has 0 aromatic heterocycles. The van der Waals surface area contributed by atoms with Crippen LogP contribution in [0.2, 0.25) is 0 Å². The molecule has 1 rings (SSSR count). The lowest BCUT2D eigenvalue weighted by molar-refractivity contribution is -0.144. The van der Waals surface area contributed by atoms with E-state index in [1.165, 1.54) is 0 Å². The van der Waals surface area contributed by atoms with E-state index in [4.69, 9.17) is 4.74 Å². The third kappa shape index (κ3) is 1.26. The zero-order chi connectivity index (χ0) is 6.69. The van der Waals surface area contributed by atoms with Crippen LogP contribution in [0.15, 0.2) is 4.99 Å². The van der Waals surface area contributed by atoms with Crippen LogP contribution in [-0.4, -0.2) is 25.2 Å². The van der Waals surface area contributed by atoms with E-state index in [1.54, 1.807) is 6.92 Å². The first-order chi connectivity index (χ1) is 4.34. The lowest BCUT2D eigenvalue weighted by Crippen LogP contribution is -2.19. The maximum Gasteiger partial charge on any atom is 0.318 e. The third-order valence-electron chi connectivity index (χ3n) is 0.884. The molecule has 0 bridgehead atoms. The van der Waals surface area contributed by atoms with Crippen molar-refractivity contribution in [3.8, 4) is 0 Å². The van der Waals surface area contributed by atoms with Crippen LogP contribution in [0.5, 0.6) is 0 Å². The average molecular weight is 129 g/mol. The predicted octanol–water partition coefficient (Wildman–Crippen LogP) is -0.0659. The Morgan fingerprint density at radius 3 is 3.22 bits per heavy atom. The maximum absolute atomic E-state index is 10.5. The molecule has 0 saturated heterocycles. The number of rotatable bonds is 2. The fourth-order valence-electron chi connectivity index (χ4n) is 0.519. The van der Waals surface area contributed by atoms with Gasteiger partial charge in [0.2, 0.25) is 0 Å². The van der Waals surface area contributed by atoms with Gasteiger partial charge in [-0.05, 0) is 6.92 Å². The number of ether oxygens (including phenoxy) is 2. The van der Waals surface area contributed by atoms with Gasteiger partial charge in [-0.3, -0.25) is 4.79 Å². The minimum atomic E-state index is -0.782. The van der Waals surface area contributed by atoms with Gasteiger partial charge >= 0.3 is 5.91 Å². The Morgan fingerprint density at radius 1 is 2.00 bits per heavy atom. The van der Waals surface area contributed by atoms with E-state index < -0.39 is 6.29 Å². The summed E-state index contributed by atoms with van der Waals surface area (Å²) in [7, 11) is 0. The molecule has 4 heteroatoms. The number of nitrogens with zero attached hydrogens (tertiary/aromatic N) is 1. The zero-order valence-electron chi connectivity index (χ0n) is 5.03. The first-order valence-electron chi connectivity index (χ1n) is 2.68. The van der Waals surface area contributed by atoms with Gasteiger partial charge in [0.25, 0.3) is 6.29 Å². The average Bonchev–Trinajstić information content (AvgIpc) is 2.18. The van der Waals surface area contributed by atoms with Crippen molar-refractivity contribution < 1.29 is 14.3 Å².